The first kappa shape index (κ1) is 12.0. The molecule has 0 aliphatic carbocycles. The maximum Gasteiger partial charge on any atom is 0.325 e. The van der Waals surface area contributed by atoms with Gasteiger partial charge in [0.15, 0.2) is 0 Å². The van der Waals surface area contributed by atoms with Crippen LogP contribution < -0.4 is 5.32 Å². The zero-order valence-electron chi connectivity index (χ0n) is 13.9. The lowest BCUT2D eigenvalue weighted by atomic mass is 10.2. The van der Waals surface area contributed by atoms with Crippen molar-refractivity contribution in [2.24, 2.45) is 0 Å². The molecule has 1 atom stereocenters. The molecule has 1 rings (SSSR count). The molecular weight excluding hydrogens is 278 g/mol. The summed E-state index contributed by atoms with van der Waals surface area (Å²) in [7, 11) is 0. The number of carbonyl (C=O) groups is 3. The second kappa shape index (κ2) is 8.37. The van der Waals surface area contributed by atoms with E-state index in [4.69, 9.17) is 4.11 Å². The molecule has 0 aromatic heterocycles. The summed E-state index contributed by atoms with van der Waals surface area (Å²) in [6.45, 7) is -1.37. The highest BCUT2D eigenvalue weighted by atomic mass is 32.2. The highest BCUT2D eigenvalue weighted by Gasteiger charge is 2.19. The zero-order chi connectivity index (χ0) is 17.5. The van der Waals surface area contributed by atoms with Gasteiger partial charge in [-0.05, 0) is 13.8 Å². The minimum Gasteiger partial charge on any atom is -0.465 e. The average Bonchev–Trinajstić information content (AvgIpc) is 2.50. The van der Waals surface area contributed by atoms with Crippen molar-refractivity contribution >= 4 is 28.8 Å². The molecule has 0 spiro atoms. The fourth-order valence-electron chi connectivity index (χ4n) is 1.27. The van der Waals surface area contributed by atoms with E-state index in [1.54, 1.807) is 25.1 Å². The number of nitrogens with one attached hydrogen (secondary N) is 1. The number of hydrogen-bond acceptors (Lipinski definition) is 5. The van der Waals surface area contributed by atoms with Gasteiger partial charge < -0.3 is 10.1 Å². The lowest BCUT2D eigenvalue weighted by Crippen LogP contribution is -2.36. The summed E-state index contributed by atoms with van der Waals surface area (Å²) in [5, 5.41) is 0.0477. The molecule has 0 saturated heterocycles. The van der Waals surface area contributed by atoms with Gasteiger partial charge in [0.25, 0.3) is 0 Å². The van der Waals surface area contributed by atoms with Gasteiger partial charge in [0.05, 0.1) is 11.9 Å². The fourth-order valence-corrected chi connectivity index (χ4v) is 1.94. The Morgan fingerprint density at radius 1 is 1.35 bits per heavy atom. The highest BCUT2D eigenvalue weighted by Crippen LogP contribution is 2.17. The Morgan fingerprint density at radius 2 is 2.05 bits per heavy atom. The quantitative estimate of drug-likeness (QED) is 0.808. The van der Waals surface area contributed by atoms with Crippen LogP contribution in [0.5, 0.6) is 0 Å². The third-order valence-electron chi connectivity index (χ3n) is 2.18. The van der Waals surface area contributed by atoms with Gasteiger partial charge >= 0.3 is 5.97 Å². The Kier molecular flexibility index (Phi) is 5.01. The van der Waals surface area contributed by atoms with Crippen molar-refractivity contribution in [1.29, 1.82) is 0 Å². The van der Waals surface area contributed by atoms with Crippen LogP contribution in [0.3, 0.4) is 0 Å². The van der Waals surface area contributed by atoms with Crippen LogP contribution in [0.15, 0.2) is 30.3 Å². The molecule has 1 unspecified atom stereocenters. The minimum absolute atomic E-state index is 0.151. The molecule has 0 aliphatic rings. The number of carbonyl (C=O) groups excluding carboxylic acids is 3. The van der Waals surface area contributed by atoms with Gasteiger partial charge in [0, 0.05) is 9.68 Å². The van der Waals surface area contributed by atoms with E-state index >= 15 is 0 Å². The van der Waals surface area contributed by atoms with E-state index in [2.05, 4.69) is 10.1 Å². The standard InChI is InChI=1S/C14H17NO4S/c1-3-19-12(16)9-15-13(17)10(2)20-14(18)11-7-5-4-6-8-11/h4-8,10H,3,9H2,1-2H3,(H,15,17)/i2D3. The maximum atomic E-state index is 12.1. The van der Waals surface area contributed by atoms with Crippen LogP contribution in [0.1, 0.15) is 28.2 Å². The van der Waals surface area contributed by atoms with Crippen molar-refractivity contribution in [1.82, 2.24) is 5.32 Å². The summed E-state index contributed by atoms with van der Waals surface area (Å²) >= 11 is 0.412. The second-order valence-corrected chi connectivity index (χ2v) is 4.75. The summed E-state index contributed by atoms with van der Waals surface area (Å²) in [6, 6.07) is 8.05. The highest BCUT2D eigenvalue weighted by molar-refractivity contribution is 8.15. The smallest absolute Gasteiger partial charge is 0.325 e. The van der Waals surface area contributed by atoms with E-state index in [1.807, 2.05) is 0 Å². The number of ether oxygens (including phenoxy) is 1. The van der Waals surface area contributed by atoms with Crippen LogP contribution in [0, 0.1) is 0 Å². The Hall–Kier alpha value is -1.82. The summed E-state index contributed by atoms with van der Waals surface area (Å²) < 4.78 is 26.9. The first-order valence-corrected chi connectivity index (χ1v) is 6.83. The molecule has 5 nitrogen and oxygen atoms in total. The van der Waals surface area contributed by atoms with E-state index in [1.165, 1.54) is 12.1 Å². The van der Waals surface area contributed by atoms with Gasteiger partial charge in [-0.1, -0.05) is 42.1 Å². The van der Waals surface area contributed by atoms with E-state index in [0.717, 1.165) is 0 Å². The van der Waals surface area contributed by atoms with Crippen LogP contribution in [-0.2, 0) is 14.3 Å². The van der Waals surface area contributed by atoms with Crippen molar-refractivity contribution in [3.8, 4) is 0 Å². The lowest BCUT2D eigenvalue weighted by molar-refractivity contribution is -0.143. The molecule has 108 valence electrons. The van der Waals surface area contributed by atoms with E-state index in [-0.39, 0.29) is 6.61 Å². The molecule has 1 amide bonds. The third kappa shape index (κ3) is 5.44. The monoisotopic (exact) mass is 298 g/mol. The normalized spacial score (nSPS) is 14.3. The number of thioether (sulfide) groups is 1. The molecule has 1 N–H and O–H groups in total. The predicted molar refractivity (Wildman–Crippen MR) is 77.5 cm³/mol. The molecule has 0 saturated carbocycles. The minimum atomic E-state index is -2.69. The van der Waals surface area contributed by atoms with Gasteiger partial charge in [0.2, 0.25) is 11.0 Å². The number of hydrogen-bond donors (Lipinski definition) is 1. The number of amides is 1. The number of esters is 1. The summed E-state index contributed by atoms with van der Waals surface area (Å²) in [5.74, 6) is -1.59. The van der Waals surface area contributed by atoms with E-state index in [0.29, 0.717) is 17.3 Å². The topological polar surface area (TPSA) is 72.5 Å². The van der Waals surface area contributed by atoms with Crippen molar-refractivity contribution in [2.45, 2.75) is 19.0 Å². The lowest BCUT2D eigenvalue weighted by Gasteiger charge is -2.10. The Labute approximate surface area is 126 Å². The number of rotatable bonds is 6. The van der Waals surface area contributed by atoms with Crippen molar-refractivity contribution in [3.05, 3.63) is 35.9 Å². The predicted octanol–water partition coefficient (Wildman–Crippen LogP) is 1.63. The first-order chi connectivity index (χ1) is 10.8. The van der Waals surface area contributed by atoms with Crippen LogP contribution in [0.25, 0.3) is 0 Å². The molecule has 0 aliphatic heterocycles. The van der Waals surface area contributed by atoms with Gasteiger partial charge in [-0.15, -0.1) is 0 Å². The molecular formula is C14H17NO4S. The van der Waals surface area contributed by atoms with Crippen molar-refractivity contribution in [3.63, 3.8) is 0 Å². The molecule has 20 heavy (non-hydrogen) atoms. The van der Waals surface area contributed by atoms with Gasteiger partial charge in [-0.2, -0.15) is 0 Å². The van der Waals surface area contributed by atoms with E-state index < -0.39 is 35.6 Å². The van der Waals surface area contributed by atoms with Crippen LogP contribution >= 0.6 is 11.8 Å². The number of benzene rings is 1. The molecule has 6 heteroatoms. The fraction of sp³-hybridized carbons (Fsp3) is 0.357. The molecule has 1 aromatic carbocycles. The summed E-state index contributed by atoms with van der Waals surface area (Å²) in [5.41, 5.74) is 0.296. The summed E-state index contributed by atoms with van der Waals surface area (Å²) in [6.07, 6.45) is 0. The molecule has 1 aromatic rings. The van der Waals surface area contributed by atoms with Crippen LogP contribution in [0.4, 0.5) is 0 Å². The molecule has 0 heterocycles. The average molecular weight is 298 g/mol. The van der Waals surface area contributed by atoms with Crippen molar-refractivity contribution < 1.29 is 23.2 Å². The van der Waals surface area contributed by atoms with Crippen LogP contribution in [0.2, 0.25) is 0 Å². The Bertz CT molecular complexity index is 563. The van der Waals surface area contributed by atoms with Gasteiger partial charge in [-0.3, -0.25) is 14.4 Å². The third-order valence-corrected chi connectivity index (χ3v) is 3.08. The van der Waals surface area contributed by atoms with Gasteiger partial charge in [-0.25, -0.2) is 0 Å². The first-order valence-electron chi connectivity index (χ1n) is 7.45. The van der Waals surface area contributed by atoms with E-state index in [9.17, 15) is 14.4 Å². The maximum absolute atomic E-state index is 12.1. The Balaban J connectivity index is 2.75. The largest absolute Gasteiger partial charge is 0.465 e. The molecule has 0 radical (unpaired) electrons. The van der Waals surface area contributed by atoms with Crippen LogP contribution in [-0.4, -0.2) is 35.4 Å². The zero-order valence-corrected chi connectivity index (χ0v) is 11.7. The SMILES string of the molecule is [2H]C([2H])([2H])C(SC(=O)c1ccccc1)C(=O)NCC(=O)OCC. The van der Waals surface area contributed by atoms with Gasteiger partial charge in [0.1, 0.15) is 6.54 Å². The Morgan fingerprint density at radius 3 is 2.65 bits per heavy atom. The van der Waals surface area contributed by atoms with Crippen molar-refractivity contribution in [2.75, 3.05) is 13.2 Å². The summed E-state index contributed by atoms with van der Waals surface area (Å²) in [4.78, 5) is 35.3. The molecule has 0 bridgehead atoms. The second-order valence-electron chi connectivity index (χ2n) is 3.67. The molecule has 0 fully saturated rings.